The van der Waals surface area contributed by atoms with Crippen LogP contribution in [0.4, 0.5) is 5.82 Å². The first-order valence-corrected chi connectivity index (χ1v) is 11.2. The van der Waals surface area contributed by atoms with E-state index >= 15 is 0 Å². The molecule has 1 amide bonds. The Bertz CT molecular complexity index is 1250. The molecule has 12 heteroatoms. The summed E-state index contributed by atoms with van der Waals surface area (Å²) in [4.78, 5) is 55.6. The number of carbonyl (C=O) groups is 3. The molecular formula is C23H28N6O6. The fourth-order valence-corrected chi connectivity index (χ4v) is 3.37. The molecule has 1 atom stereocenters. The molecule has 3 aromatic rings. The van der Waals surface area contributed by atoms with Crippen molar-refractivity contribution in [3.8, 4) is 0 Å². The molecule has 1 aromatic carbocycles. The van der Waals surface area contributed by atoms with Crippen molar-refractivity contribution >= 4 is 34.7 Å². The minimum atomic E-state index is -0.975. The predicted octanol–water partition coefficient (Wildman–Crippen LogP) is 1.57. The summed E-state index contributed by atoms with van der Waals surface area (Å²) in [5.41, 5.74) is 1.26. The van der Waals surface area contributed by atoms with Crippen molar-refractivity contribution in [2.45, 2.75) is 46.2 Å². The number of hydrogen-bond donors (Lipinski definition) is 4. The summed E-state index contributed by atoms with van der Waals surface area (Å²) >= 11 is 0. The van der Waals surface area contributed by atoms with Crippen LogP contribution in [0.25, 0.3) is 11.0 Å². The van der Waals surface area contributed by atoms with E-state index < -0.39 is 23.9 Å². The van der Waals surface area contributed by atoms with Gasteiger partial charge in [-0.2, -0.15) is 5.10 Å². The summed E-state index contributed by atoms with van der Waals surface area (Å²) in [5, 5.41) is 12.9. The highest BCUT2D eigenvalue weighted by molar-refractivity contribution is 5.97. The van der Waals surface area contributed by atoms with Crippen molar-refractivity contribution in [2.75, 3.05) is 18.5 Å². The lowest BCUT2D eigenvalue weighted by Crippen LogP contribution is -2.42. The van der Waals surface area contributed by atoms with E-state index in [1.165, 1.54) is 0 Å². The Hall–Kier alpha value is -4.22. The van der Waals surface area contributed by atoms with Crippen LogP contribution in [-0.4, -0.2) is 57.3 Å². The van der Waals surface area contributed by atoms with Crippen LogP contribution >= 0.6 is 0 Å². The van der Waals surface area contributed by atoms with Gasteiger partial charge in [-0.3, -0.25) is 19.5 Å². The van der Waals surface area contributed by atoms with Crippen LogP contribution in [0, 0.1) is 6.92 Å². The summed E-state index contributed by atoms with van der Waals surface area (Å²) in [7, 11) is 0. The second kappa shape index (κ2) is 11.8. The van der Waals surface area contributed by atoms with Gasteiger partial charge in [-0.25, -0.2) is 9.78 Å². The van der Waals surface area contributed by atoms with E-state index in [1.807, 2.05) is 0 Å². The van der Waals surface area contributed by atoms with Crippen LogP contribution in [0.3, 0.4) is 0 Å². The van der Waals surface area contributed by atoms with Gasteiger partial charge in [-0.05, 0) is 44.9 Å². The molecule has 0 saturated carbocycles. The molecule has 0 aliphatic heterocycles. The number of fused-ring (bicyclic) bond motifs is 1. The van der Waals surface area contributed by atoms with Gasteiger partial charge >= 0.3 is 11.9 Å². The van der Waals surface area contributed by atoms with Gasteiger partial charge in [0.15, 0.2) is 11.5 Å². The third kappa shape index (κ3) is 6.65. The first-order chi connectivity index (χ1) is 16.8. The molecule has 0 aliphatic rings. The largest absolute Gasteiger partial charge is 0.466 e. The lowest BCUT2D eigenvalue weighted by molar-refractivity contribution is -0.146. The number of aromatic nitrogens is 4. The number of aryl methyl sites for hydroxylation is 1. The first-order valence-electron chi connectivity index (χ1n) is 11.2. The second-order valence-electron chi connectivity index (χ2n) is 7.62. The molecule has 0 unspecified atom stereocenters. The molecule has 0 spiro atoms. The molecule has 0 radical (unpaired) electrons. The summed E-state index contributed by atoms with van der Waals surface area (Å²) in [6.45, 7) is 5.77. The lowest BCUT2D eigenvalue weighted by Gasteiger charge is -2.17. The molecule has 0 fully saturated rings. The Labute approximate surface area is 200 Å². The smallest absolute Gasteiger partial charge is 0.328 e. The average Bonchev–Trinajstić information content (AvgIpc) is 3.24. The standard InChI is InChI=1S/C23H28N6O6/c1-4-34-17(30)11-10-16(23(33)35-5-2)27-21(31)15-8-6-14(7-9-15)12-24-19-18-20(29-28-19)25-13(3)26-22(18)32/h6-9,16H,4-5,10-12H2,1-3H3,(H,27,31)(H3,24,25,26,28,29,32)/t16-/m0/s1. The highest BCUT2D eigenvalue weighted by atomic mass is 16.5. The Morgan fingerprint density at radius 3 is 2.49 bits per heavy atom. The van der Waals surface area contributed by atoms with E-state index in [4.69, 9.17) is 9.47 Å². The third-order valence-electron chi connectivity index (χ3n) is 5.04. The maximum atomic E-state index is 12.7. The van der Waals surface area contributed by atoms with E-state index in [1.54, 1.807) is 45.0 Å². The number of rotatable bonds is 11. The van der Waals surface area contributed by atoms with Crippen LogP contribution in [0.1, 0.15) is 48.4 Å². The second-order valence-corrected chi connectivity index (χ2v) is 7.62. The molecule has 0 aliphatic carbocycles. The minimum Gasteiger partial charge on any atom is -0.466 e. The number of H-pyrrole nitrogens is 2. The number of anilines is 1. The number of nitrogens with zero attached hydrogens (tertiary/aromatic N) is 2. The molecular weight excluding hydrogens is 456 g/mol. The minimum absolute atomic E-state index is 0.0258. The zero-order valence-corrected chi connectivity index (χ0v) is 19.8. The molecule has 12 nitrogen and oxygen atoms in total. The van der Waals surface area contributed by atoms with E-state index in [-0.39, 0.29) is 31.6 Å². The van der Waals surface area contributed by atoms with E-state index in [2.05, 4.69) is 30.8 Å². The van der Waals surface area contributed by atoms with Gasteiger partial charge in [0.1, 0.15) is 17.3 Å². The van der Waals surface area contributed by atoms with E-state index in [0.717, 1.165) is 5.56 Å². The van der Waals surface area contributed by atoms with Gasteiger partial charge < -0.3 is 25.1 Å². The van der Waals surface area contributed by atoms with Crippen molar-refractivity contribution in [3.63, 3.8) is 0 Å². The van der Waals surface area contributed by atoms with Gasteiger partial charge in [-0.15, -0.1) is 0 Å². The van der Waals surface area contributed by atoms with Crippen LogP contribution in [-0.2, 0) is 25.6 Å². The molecule has 2 aromatic heterocycles. The molecule has 0 bridgehead atoms. The number of aromatic amines is 2. The third-order valence-corrected chi connectivity index (χ3v) is 5.04. The molecule has 35 heavy (non-hydrogen) atoms. The number of benzene rings is 1. The van der Waals surface area contributed by atoms with Gasteiger partial charge in [0, 0.05) is 18.5 Å². The Kier molecular flexibility index (Phi) is 8.54. The topological polar surface area (TPSA) is 168 Å². The van der Waals surface area contributed by atoms with Gasteiger partial charge in [-0.1, -0.05) is 12.1 Å². The fraction of sp³-hybridized carbons (Fsp3) is 0.391. The van der Waals surface area contributed by atoms with Crippen LogP contribution in [0.2, 0.25) is 0 Å². The molecule has 186 valence electrons. The monoisotopic (exact) mass is 484 g/mol. The number of carbonyl (C=O) groups excluding carboxylic acids is 3. The maximum Gasteiger partial charge on any atom is 0.328 e. The van der Waals surface area contributed by atoms with Crippen LogP contribution < -0.4 is 16.2 Å². The Morgan fingerprint density at radius 2 is 1.80 bits per heavy atom. The summed E-state index contributed by atoms with van der Waals surface area (Å²) in [6, 6.07) is 5.72. The van der Waals surface area contributed by atoms with Crippen molar-refractivity contribution in [1.29, 1.82) is 0 Å². The summed E-state index contributed by atoms with van der Waals surface area (Å²) in [6.07, 6.45) is 0.0402. The molecule has 0 saturated heterocycles. The van der Waals surface area contributed by atoms with E-state index in [9.17, 15) is 19.2 Å². The first kappa shape index (κ1) is 25.4. The number of esters is 2. The van der Waals surface area contributed by atoms with Gasteiger partial charge in [0.2, 0.25) is 0 Å². The van der Waals surface area contributed by atoms with E-state index in [0.29, 0.717) is 34.8 Å². The quantitative estimate of drug-likeness (QED) is 0.295. The lowest BCUT2D eigenvalue weighted by atomic mass is 10.1. The fourth-order valence-electron chi connectivity index (χ4n) is 3.37. The Morgan fingerprint density at radius 1 is 1.09 bits per heavy atom. The highest BCUT2D eigenvalue weighted by Crippen LogP contribution is 2.16. The van der Waals surface area contributed by atoms with Gasteiger partial charge in [0.05, 0.1) is 13.2 Å². The maximum absolute atomic E-state index is 12.7. The highest BCUT2D eigenvalue weighted by Gasteiger charge is 2.24. The van der Waals surface area contributed by atoms with Crippen molar-refractivity contribution in [2.24, 2.45) is 0 Å². The molecule has 3 rings (SSSR count). The summed E-state index contributed by atoms with van der Waals surface area (Å²) < 4.78 is 9.89. The van der Waals surface area contributed by atoms with Crippen LogP contribution in [0.15, 0.2) is 29.1 Å². The van der Waals surface area contributed by atoms with Crippen molar-refractivity contribution in [3.05, 3.63) is 51.6 Å². The van der Waals surface area contributed by atoms with Crippen molar-refractivity contribution < 1.29 is 23.9 Å². The number of amides is 1. The summed E-state index contributed by atoms with van der Waals surface area (Å²) in [5.74, 6) is -0.688. The average molecular weight is 485 g/mol. The normalized spacial score (nSPS) is 11.6. The van der Waals surface area contributed by atoms with Crippen molar-refractivity contribution in [1.82, 2.24) is 25.5 Å². The molecule has 4 N–H and O–H groups in total. The number of hydrogen-bond acceptors (Lipinski definition) is 9. The number of nitrogens with one attached hydrogen (secondary N) is 4. The van der Waals surface area contributed by atoms with Gasteiger partial charge in [0.25, 0.3) is 11.5 Å². The Balaban J connectivity index is 1.62. The SMILES string of the molecule is CCOC(=O)CC[C@H](NC(=O)c1ccc(CNc2n[nH]c3nc(C)[nH]c(=O)c23)cc1)C(=O)OCC. The zero-order chi connectivity index (χ0) is 25.4. The molecule has 2 heterocycles. The zero-order valence-electron chi connectivity index (χ0n) is 19.8. The van der Waals surface area contributed by atoms with Crippen LogP contribution in [0.5, 0.6) is 0 Å². The number of ether oxygens (including phenoxy) is 2. The predicted molar refractivity (Wildman–Crippen MR) is 127 cm³/mol.